The lowest BCUT2D eigenvalue weighted by Gasteiger charge is -2.17. The Labute approximate surface area is 255 Å². The van der Waals surface area contributed by atoms with Gasteiger partial charge in [0.25, 0.3) is 0 Å². The van der Waals surface area contributed by atoms with Gasteiger partial charge in [-0.3, -0.25) is 14.8 Å². The number of hydrogen-bond donors (Lipinski definition) is 3. The molecule has 9 nitrogen and oxygen atoms in total. The minimum absolute atomic E-state index is 0.245. The van der Waals surface area contributed by atoms with Crippen molar-refractivity contribution < 1.29 is 14.3 Å². The topological polar surface area (TPSA) is 121 Å². The van der Waals surface area contributed by atoms with Gasteiger partial charge in [-0.05, 0) is 74.0 Å². The van der Waals surface area contributed by atoms with Crippen LogP contribution in [0.25, 0.3) is 10.9 Å². The van der Waals surface area contributed by atoms with E-state index in [1.165, 1.54) is 6.20 Å². The van der Waals surface area contributed by atoms with Crippen molar-refractivity contribution in [3.63, 3.8) is 0 Å². The fourth-order valence-corrected chi connectivity index (χ4v) is 4.92. The smallest absolute Gasteiger partial charge is 0.248 e. The van der Waals surface area contributed by atoms with E-state index in [0.717, 1.165) is 48.5 Å². The summed E-state index contributed by atoms with van der Waals surface area (Å²) in [7, 11) is 0. The number of anilines is 3. The van der Waals surface area contributed by atoms with Crippen molar-refractivity contribution >= 4 is 33.9 Å². The second-order valence-corrected chi connectivity index (χ2v) is 10.3. The number of benzene rings is 3. The molecule has 0 unspecified atom stereocenters. The number of carbonyl (C=O) groups is 1. The van der Waals surface area contributed by atoms with Crippen LogP contribution >= 0.6 is 0 Å². The molecule has 6 rings (SSSR count). The summed E-state index contributed by atoms with van der Waals surface area (Å²) in [6.07, 6.45) is 8.10. The number of carbonyl (C=O) groups excluding carboxylic acids is 1. The normalized spacial score (nSPS) is 12.7. The SMILES string of the molecule is N#Cc1cnc2cc(Oc3ccncc3)c(NC(=O)C=C3CCNCC3)cc2c1Nc1ccc(OCc2ccccc2)cc1. The number of fused-ring (bicyclic) bond motifs is 1. The number of pyridine rings is 2. The Bertz CT molecular complexity index is 1830. The van der Waals surface area contributed by atoms with Crippen LogP contribution in [0.5, 0.6) is 17.2 Å². The van der Waals surface area contributed by atoms with Crippen LogP contribution < -0.4 is 25.4 Å². The van der Waals surface area contributed by atoms with E-state index in [1.54, 1.807) is 42.7 Å². The number of nitriles is 1. The minimum Gasteiger partial charge on any atom is -0.489 e. The Morgan fingerprint density at radius 1 is 0.977 bits per heavy atom. The molecule has 44 heavy (non-hydrogen) atoms. The largest absolute Gasteiger partial charge is 0.489 e. The van der Waals surface area contributed by atoms with Gasteiger partial charge in [0.2, 0.25) is 5.91 Å². The highest BCUT2D eigenvalue weighted by Crippen LogP contribution is 2.38. The maximum absolute atomic E-state index is 13.1. The first-order valence-corrected chi connectivity index (χ1v) is 14.3. The molecule has 2 aromatic heterocycles. The van der Waals surface area contributed by atoms with Crippen molar-refractivity contribution in [2.75, 3.05) is 23.7 Å². The minimum atomic E-state index is -0.245. The van der Waals surface area contributed by atoms with E-state index in [1.807, 2.05) is 54.6 Å². The summed E-state index contributed by atoms with van der Waals surface area (Å²) in [4.78, 5) is 21.7. The molecule has 0 saturated carbocycles. The van der Waals surface area contributed by atoms with Gasteiger partial charge in [0, 0.05) is 41.8 Å². The first-order valence-electron chi connectivity index (χ1n) is 14.3. The van der Waals surface area contributed by atoms with Gasteiger partial charge in [-0.1, -0.05) is 35.9 Å². The maximum atomic E-state index is 13.1. The zero-order valence-corrected chi connectivity index (χ0v) is 23.9. The molecular weight excluding hydrogens is 552 g/mol. The Morgan fingerprint density at radius 3 is 2.50 bits per heavy atom. The number of nitrogens with one attached hydrogen (secondary N) is 3. The van der Waals surface area contributed by atoms with Gasteiger partial charge >= 0.3 is 0 Å². The fourth-order valence-electron chi connectivity index (χ4n) is 4.92. The summed E-state index contributed by atoms with van der Waals surface area (Å²) in [5.74, 6) is 1.47. The fraction of sp³-hybridized carbons (Fsp3) is 0.143. The zero-order chi connectivity index (χ0) is 30.1. The van der Waals surface area contributed by atoms with Crippen LogP contribution in [0.2, 0.25) is 0 Å². The van der Waals surface area contributed by atoms with Crippen LogP contribution in [0.15, 0.2) is 109 Å². The van der Waals surface area contributed by atoms with Gasteiger partial charge < -0.3 is 25.4 Å². The van der Waals surface area contributed by atoms with E-state index in [9.17, 15) is 10.1 Å². The lowest BCUT2D eigenvalue weighted by molar-refractivity contribution is -0.112. The summed E-state index contributed by atoms with van der Waals surface area (Å²) in [6.45, 7) is 2.17. The summed E-state index contributed by atoms with van der Waals surface area (Å²) in [6, 6.07) is 26.8. The van der Waals surface area contributed by atoms with Crippen LogP contribution in [0, 0.1) is 11.3 Å². The Kier molecular flexibility index (Phi) is 8.72. The standard InChI is InChI=1S/C35H30N6O3/c36-21-26-22-39-31-20-33(44-29-12-16-38-17-13-29)32(41-34(42)18-24-10-14-37-15-11-24)19-30(31)35(26)40-27-6-8-28(9-7-27)43-23-25-4-2-1-3-5-25/h1-9,12-13,16-20,22,37H,10-11,14-15,23H2,(H,39,40)(H,41,42). The highest BCUT2D eigenvalue weighted by atomic mass is 16.5. The summed E-state index contributed by atoms with van der Waals surface area (Å²) < 4.78 is 12.1. The highest BCUT2D eigenvalue weighted by molar-refractivity contribution is 6.05. The predicted molar refractivity (Wildman–Crippen MR) is 170 cm³/mol. The molecule has 5 aromatic rings. The molecule has 0 bridgehead atoms. The summed E-state index contributed by atoms with van der Waals surface area (Å²) in [5, 5.41) is 20.3. The van der Waals surface area contributed by atoms with E-state index in [-0.39, 0.29) is 5.91 Å². The van der Waals surface area contributed by atoms with Crippen molar-refractivity contribution in [1.82, 2.24) is 15.3 Å². The third kappa shape index (κ3) is 7.01. The van der Waals surface area contributed by atoms with E-state index >= 15 is 0 Å². The quantitative estimate of drug-likeness (QED) is 0.161. The van der Waals surface area contributed by atoms with Gasteiger partial charge in [-0.2, -0.15) is 5.26 Å². The van der Waals surface area contributed by atoms with Gasteiger partial charge in [0.1, 0.15) is 24.2 Å². The second-order valence-electron chi connectivity index (χ2n) is 10.3. The maximum Gasteiger partial charge on any atom is 0.248 e. The first kappa shape index (κ1) is 28.4. The van der Waals surface area contributed by atoms with Gasteiger partial charge in [0.15, 0.2) is 5.75 Å². The monoisotopic (exact) mass is 582 g/mol. The number of ether oxygens (including phenoxy) is 2. The lowest BCUT2D eigenvalue weighted by Crippen LogP contribution is -2.24. The average molecular weight is 583 g/mol. The van der Waals surface area contributed by atoms with Crippen LogP contribution in [0.1, 0.15) is 24.0 Å². The molecule has 3 aromatic carbocycles. The van der Waals surface area contributed by atoms with E-state index in [4.69, 9.17) is 9.47 Å². The molecule has 0 atom stereocenters. The first-order chi connectivity index (χ1) is 21.6. The zero-order valence-electron chi connectivity index (χ0n) is 23.9. The van der Waals surface area contributed by atoms with Crippen LogP contribution in [0.4, 0.5) is 17.1 Å². The molecule has 1 saturated heterocycles. The van der Waals surface area contributed by atoms with E-state index < -0.39 is 0 Å². The van der Waals surface area contributed by atoms with Crippen LogP contribution in [-0.2, 0) is 11.4 Å². The second kappa shape index (κ2) is 13.5. The van der Waals surface area contributed by atoms with Crippen molar-refractivity contribution in [2.24, 2.45) is 0 Å². The van der Waals surface area contributed by atoms with Crippen molar-refractivity contribution in [1.29, 1.82) is 5.26 Å². The number of rotatable bonds is 9. The van der Waals surface area contributed by atoms with Crippen LogP contribution in [-0.4, -0.2) is 29.0 Å². The Balaban J connectivity index is 1.31. The molecule has 1 aliphatic rings. The summed E-state index contributed by atoms with van der Waals surface area (Å²) >= 11 is 0. The van der Waals surface area contributed by atoms with Crippen molar-refractivity contribution in [2.45, 2.75) is 19.4 Å². The Hall–Kier alpha value is -5.72. The van der Waals surface area contributed by atoms with Crippen molar-refractivity contribution in [3.05, 3.63) is 120 Å². The molecule has 1 aliphatic heterocycles. The number of aromatic nitrogens is 2. The van der Waals surface area contributed by atoms with Gasteiger partial charge in [-0.25, -0.2) is 0 Å². The number of piperidine rings is 1. The third-order valence-corrected chi connectivity index (χ3v) is 7.18. The molecule has 1 amide bonds. The molecule has 0 aliphatic carbocycles. The van der Waals surface area contributed by atoms with Gasteiger partial charge in [0.05, 0.1) is 22.5 Å². The Morgan fingerprint density at radius 2 is 1.75 bits per heavy atom. The van der Waals surface area contributed by atoms with Crippen LogP contribution in [0.3, 0.4) is 0 Å². The molecule has 0 radical (unpaired) electrons. The molecular formula is C35H30N6O3. The summed E-state index contributed by atoms with van der Waals surface area (Å²) in [5.41, 5.74) is 4.91. The highest BCUT2D eigenvalue weighted by Gasteiger charge is 2.17. The molecule has 218 valence electrons. The predicted octanol–water partition coefficient (Wildman–Crippen LogP) is 6.86. The third-order valence-electron chi connectivity index (χ3n) is 7.18. The van der Waals surface area contributed by atoms with Crippen molar-refractivity contribution in [3.8, 4) is 23.3 Å². The average Bonchev–Trinajstić information content (AvgIpc) is 3.06. The number of amides is 1. The molecule has 3 heterocycles. The van der Waals surface area contributed by atoms with Gasteiger partial charge in [-0.15, -0.1) is 0 Å². The lowest BCUT2D eigenvalue weighted by atomic mass is 10.0. The molecule has 0 spiro atoms. The molecule has 3 N–H and O–H groups in total. The molecule has 1 fully saturated rings. The number of hydrogen-bond acceptors (Lipinski definition) is 8. The van der Waals surface area contributed by atoms with E-state index in [2.05, 4.69) is 32.0 Å². The number of nitrogens with zero attached hydrogens (tertiary/aromatic N) is 3. The molecule has 9 heteroatoms. The van der Waals surface area contributed by atoms with E-state index in [0.29, 0.717) is 45.9 Å².